The number of fused-ring (bicyclic) bond motifs is 1. The summed E-state index contributed by atoms with van der Waals surface area (Å²) in [5, 5.41) is 10.8. The van der Waals surface area contributed by atoms with Crippen LogP contribution in [0.4, 0.5) is 0 Å². The molecule has 0 aliphatic carbocycles. The van der Waals surface area contributed by atoms with Crippen LogP contribution in [-0.4, -0.2) is 34.5 Å². The van der Waals surface area contributed by atoms with Crippen LogP contribution in [0.25, 0.3) is 10.2 Å². The summed E-state index contributed by atoms with van der Waals surface area (Å²) in [6.07, 6.45) is 0.706. The average molecular weight is 374 g/mol. The van der Waals surface area contributed by atoms with Crippen molar-refractivity contribution >= 4 is 21.6 Å². The van der Waals surface area contributed by atoms with E-state index < -0.39 is 6.10 Å². The van der Waals surface area contributed by atoms with Crippen LogP contribution in [0.15, 0.2) is 35.4 Å². The number of nitrogens with zero attached hydrogens (tertiary/aromatic N) is 2. The maximum Gasteiger partial charge on any atom is 0.262 e. The van der Waals surface area contributed by atoms with Gasteiger partial charge in [0.2, 0.25) is 0 Å². The van der Waals surface area contributed by atoms with E-state index in [0.29, 0.717) is 12.0 Å². The van der Waals surface area contributed by atoms with E-state index in [1.807, 2.05) is 38.1 Å². The van der Waals surface area contributed by atoms with Gasteiger partial charge in [-0.05, 0) is 37.1 Å². The van der Waals surface area contributed by atoms with Crippen molar-refractivity contribution < 1.29 is 14.6 Å². The molecule has 1 N–H and O–H groups in total. The van der Waals surface area contributed by atoms with Crippen LogP contribution in [0.5, 0.6) is 5.75 Å². The number of hydrogen-bond donors (Lipinski definition) is 1. The Balaban J connectivity index is 1.60. The molecule has 3 aromatic rings. The number of aliphatic hydroxyl groups is 1. The van der Waals surface area contributed by atoms with Crippen molar-refractivity contribution in [1.29, 1.82) is 0 Å². The number of aromatic nitrogens is 2. The molecule has 1 atom stereocenters. The minimum atomic E-state index is -0.787. The fourth-order valence-corrected chi connectivity index (χ4v) is 3.70. The molecule has 0 radical (unpaired) electrons. The summed E-state index contributed by atoms with van der Waals surface area (Å²) in [6.45, 7) is 4.58. The van der Waals surface area contributed by atoms with Crippen molar-refractivity contribution in [2.75, 3.05) is 13.7 Å². The van der Waals surface area contributed by atoms with Gasteiger partial charge in [-0.15, -0.1) is 11.3 Å². The van der Waals surface area contributed by atoms with Gasteiger partial charge in [-0.3, -0.25) is 9.36 Å². The molecule has 7 heteroatoms. The van der Waals surface area contributed by atoms with E-state index in [0.717, 1.165) is 26.6 Å². The van der Waals surface area contributed by atoms with Crippen LogP contribution in [-0.2, 0) is 17.9 Å². The lowest BCUT2D eigenvalue weighted by atomic mass is 10.2. The second kappa shape index (κ2) is 7.99. The zero-order valence-corrected chi connectivity index (χ0v) is 15.9. The summed E-state index contributed by atoms with van der Waals surface area (Å²) in [7, 11) is 1.62. The molecule has 0 saturated carbocycles. The maximum atomic E-state index is 12.6. The summed E-state index contributed by atoms with van der Waals surface area (Å²) in [5.74, 6) is 0.787. The fraction of sp³-hybridized carbons (Fsp3) is 0.368. The summed E-state index contributed by atoms with van der Waals surface area (Å²) in [6, 6.07) is 7.55. The highest BCUT2D eigenvalue weighted by Crippen LogP contribution is 2.25. The van der Waals surface area contributed by atoms with Gasteiger partial charge in [-0.2, -0.15) is 0 Å². The maximum absolute atomic E-state index is 12.6. The highest BCUT2D eigenvalue weighted by molar-refractivity contribution is 7.18. The zero-order valence-electron chi connectivity index (χ0n) is 15.1. The van der Waals surface area contributed by atoms with Crippen molar-refractivity contribution in [2.24, 2.45) is 0 Å². The lowest BCUT2D eigenvalue weighted by molar-refractivity contribution is 0.0198. The number of methoxy groups -OCH3 is 1. The smallest absolute Gasteiger partial charge is 0.262 e. The predicted molar refractivity (Wildman–Crippen MR) is 102 cm³/mol. The molecule has 26 heavy (non-hydrogen) atoms. The van der Waals surface area contributed by atoms with Crippen LogP contribution in [0.3, 0.4) is 0 Å². The number of hydrogen-bond acceptors (Lipinski definition) is 6. The first-order chi connectivity index (χ1) is 12.5. The molecule has 0 aliphatic heterocycles. The Hall–Kier alpha value is -2.22. The minimum absolute atomic E-state index is 0.119. The number of rotatable bonds is 7. The summed E-state index contributed by atoms with van der Waals surface area (Å²) < 4.78 is 12.1. The molecule has 0 saturated heterocycles. The summed E-state index contributed by atoms with van der Waals surface area (Å²) in [5.41, 5.74) is 1.83. The number of aliphatic hydroxyl groups excluding tert-OH is 1. The van der Waals surface area contributed by atoms with E-state index in [-0.39, 0.29) is 18.7 Å². The third-order valence-corrected chi connectivity index (χ3v) is 5.42. The van der Waals surface area contributed by atoms with E-state index in [1.54, 1.807) is 7.11 Å². The highest BCUT2D eigenvalue weighted by Gasteiger charge is 2.14. The number of benzene rings is 1. The minimum Gasteiger partial charge on any atom is -0.497 e. The van der Waals surface area contributed by atoms with E-state index in [2.05, 4.69) is 4.98 Å². The van der Waals surface area contributed by atoms with Crippen molar-refractivity contribution in [3.8, 4) is 5.75 Å². The molecule has 0 fully saturated rings. The van der Waals surface area contributed by atoms with E-state index in [1.165, 1.54) is 22.2 Å². The summed E-state index contributed by atoms with van der Waals surface area (Å²) in [4.78, 5) is 18.8. The molecule has 0 amide bonds. The Morgan fingerprint density at radius 1 is 1.27 bits per heavy atom. The average Bonchev–Trinajstić information content (AvgIpc) is 2.93. The first-order valence-corrected chi connectivity index (χ1v) is 9.15. The third-order valence-electron chi connectivity index (χ3n) is 4.30. The van der Waals surface area contributed by atoms with E-state index >= 15 is 0 Å². The molecule has 1 aromatic carbocycles. The number of ether oxygens (including phenoxy) is 2. The normalized spacial score (nSPS) is 12.5. The Kier molecular flexibility index (Phi) is 5.70. The van der Waals surface area contributed by atoms with Crippen LogP contribution < -0.4 is 10.3 Å². The molecule has 138 valence electrons. The van der Waals surface area contributed by atoms with Gasteiger partial charge in [0.1, 0.15) is 10.6 Å². The molecule has 6 nitrogen and oxygen atoms in total. The molecular formula is C19H22N2O4S. The van der Waals surface area contributed by atoms with Gasteiger partial charge in [0.05, 0.1) is 44.7 Å². The molecule has 2 heterocycles. The molecule has 0 aliphatic rings. The first kappa shape index (κ1) is 18.6. The van der Waals surface area contributed by atoms with Gasteiger partial charge >= 0.3 is 0 Å². The lowest BCUT2D eigenvalue weighted by Gasteiger charge is -2.13. The molecule has 1 unspecified atom stereocenters. The standard InChI is InChI=1S/C19H22N2O4S/c1-12-13(2)26-18-17(12)19(23)21(11-20-18)8-15(22)10-25-9-14-4-6-16(24-3)7-5-14/h4-7,11,15,22H,8-10H2,1-3H3. The Labute approximate surface area is 155 Å². The van der Waals surface area contributed by atoms with Crippen LogP contribution >= 0.6 is 11.3 Å². The zero-order chi connectivity index (χ0) is 18.7. The topological polar surface area (TPSA) is 73.6 Å². The van der Waals surface area contributed by atoms with Gasteiger partial charge < -0.3 is 14.6 Å². The predicted octanol–water partition coefficient (Wildman–Crippen LogP) is 2.66. The van der Waals surface area contributed by atoms with Gasteiger partial charge in [-0.1, -0.05) is 12.1 Å². The molecule has 2 aromatic heterocycles. The van der Waals surface area contributed by atoms with Crippen molar-refractivity contribution in [3.63, 3.8) is 0 Å². The van der Waals surface area contributed by atoms with Crippen molar-refractivity contribution in [3.05, 3.63) is 57.0 Å². The lowest BCUT2D eigenvalue weighted by Crippen LogP contribution is -2.29. The first-order valence-electron chi connectivity index (χ1n) is 8.33. The van der Waals surface area contributed by atoms with Crippen LogP contribution in [0.2, 0.25) is 0 Å². The SMILES string of the molecule is COc1ccc(COCC(O)Cn2cnc3sc(C)c(C)c3c2=O)cc1. The molecule has 3 rings (SSSR count). The van der Waals surface area contributed by atoms with Crippen molar-refractivity contribution in [2.45, 2.75) is 33.1 Å². The summed E-state index contributed by atoms with van der Waals surface area (Å²) >= 11 is 1.51. The van der Waals surface area contributed by atoms with E-state index in [4.69, 9.17) is 9.47 Å². The highest BCUT2D eigenvalue weighted by atomic mass is 32.1. The second-order valence-corrected chi connectivity index (χ2v) is 7.39. The molecular weight excluding hydrogens is 352 g/mol. The molecule has 0 spiro atoms. The van der Waals surface area contributed by atoms with Gasteiger partial charge in [0.25, 0.3) is 5.56 Å². The molecule has 0 bridgehead atoms. The third kappa shape index (κ3) is 3.95. The quantitative estimate of drug-likeness (QED) is 0.688. The van der Waals surface area contributed by atoms with Crippen LogP contribution in [0, 0.1) is 13.8 Å². The van der Waals surface area contributed by atoms with Crippen molar-refractivity contribution in [1.82, 2.24) is 9.55 Å². The number of aryl methyl sites for hydroxylation is 2. The van der Waals surface area contributed by atoms with Gasteiger partial charge in [0.15, 0.2) is 0 Å². The van der Waals surface area contributed by atoms with Gasteiger partial charge in [-0.25, -0.2) is 4.98 Å². The Bertz CT molecular complexity index is 947. The second-order valence-electron chi connectivity index (χ2n) is 6.18. The van der Waals surface area contributed by atoms with E-state index in [9.17, 15) is 9.90 Å². The number of thiophene rings is 1. The fourth-order valence-electron chi connectivity index (χ4n) is 2.71. The largest absolute Gasteiger partial charge is 0.497 e. The Morgan fingerprint density at radius 2 is 2.00 bits per heavy atom. The Morgan fingerprint density at radius 3 is 2.69 bits per heavy atom. The monoisotopic (exact) mass is 374 g/mol. The van der Waals surface area contributed by atoms with Gasteiger partial charge in [0, 0.05) is 4.88 Å². The van der Waals surface area contributed by atoms with Crippen LogP contribution in [0.1, 0.15) is 16.0 Å².